The van der Waals surface area contributed by atoms with E-state index in [-0.39, 0.29) is 5.69 Å². The molecule has 0 bridgehead atoms. The Morgan fingerprint density at radius 3 is 2.64 bits per heavy atom. The van der Waals surface area contributed by atoms with Crippen LogP contribution >= 0.6 is 0 Å². The van der Waals surface area contributed by atoms with Crippen LogP contribution < -0.4 is 14.9 Å². The second kappa shape index (κ2) is 7.07. The molecule has 1 N–H and O–H groups in total. The normalized spacial score (nSPS) is 10.5. The molecule has 22 heavy (non-hydrogen) atoms. The van der Waals surface area contributed by atoms with E-state index in [1.54, 1.807) is 38.6 Å². The maximum absolute atomic E-state index is 10.7. The Morgan fingerprint density at radius 1 is 1.18 bits per heavy atom. The summed E-state index contributed by atoms with van der Waals surface area (Å²) in [5, 5.41) is 14.8. The number of rotatable bonds is 6. The number of nitrogens with one attached hydrogen (secondary N) is 1. The second-order valence-corrected chi connectivity index (χ2v) is 4.26. The lowest BCUT2D eigenvalue weighted by molar-refractivity contribution is -0.384. The molecule has 7 nitrogen and oxygen atoms in total. The summed E-state index contributed by atoms with van der Waals surface area (Å²) in [6.45, 7) is 0. The average molecular weight is 301 g/mol. The topological polar surface area (TPSA) is 86.0 Å². The van der Waals surface area contributed by atoms with Crippen LogP contribution in [0.2, 0.25) is 0 Å². The smallest absolute Gasteiger partial charge is 0.271 e. The highest BCUT2D eigenvalue weighted by atomic mass is 16.6. The molecule has 0 aliphatic rings. The zero-order valence-corrected chi connectivity index (χ0v) is 12.1. The van der Waals surface area contributed by atoms with Crippen LogP contribution in [0.1, 0.15) is 5.56 Å². The summed E-state index contributed by atoms with van der Waals surface area (Å²) in [4.78, 5) is 10.3. The van der Waals surface area contributed by atoms with Gasteiger partial charge in [-0.2, -0.15) is 5.10 Å². The highest BCUT2D eigenvalue weighted by Crippen LogP contribution is 2.29. The van der Waals surface area contributed by atoms with Crippen molar-refractivity contribution in [2.45, 2.75) is 0 Å². The predicted molar refractivity (Wildman–Crippen MR) is 83.9 cm³/mol. The quantitative estimate of drug-likeness (QED) is 0.503. The SMILES string of the molecule is COc1cccc(C=NNc2cccc([N+](=O)[O-])c2)c1OC. The fourth-order valence-electron chi connectivity index (χ4n) is 1.88. The Bertz CT molecular complexity index is 701. The first-order chi connectivity index (χ1) is 10.7. The number of hydrogen-bond acceptors (Lipinski definition) is 6. The third-order valence-electron chi connectivity index (χ3n) is 2.89. The summed E-state index contributed by atoms with van der Waals surface area (Å²) in [7, 11) is 3.10. The second-order valence-electron chi connectivity index (χ2n) is 4.26. The Labute approximate surface area is 127 Å². The summed E-state index contributed by atoms with van der Waals surface area (Å²) >= 11 is 0. The number of nitro groups is 1. The number of non-ortho nitro benzene ring substituents is 1. The molecule has 0 heterocycles. The van der Waals surface area contributed by atoms with Crippen molar-refractivity contribution in [2.24, 2.45) is 5.10 Å². The minimum atomic E-state index is -0.458. The minimum absolute atomic E-state index is 0.000777. The van der Waals surface area contributed by atoms with Gasteiger partial charge in [0.1, 0.15) is 0 Å². The molecule has 0 spiro atoms. The van der Waals surface area contributed by atoms with Gasteiger partial charge in [-0.1, -0.05) is 12.1 Å². The van der Waals surface area contributed by atoms with Gasteiger partial charge in [0.2, 0.25) is 0 Å². The van der Waals surface area contributed by atoms with E-state index in [0.29, 0.717) is 17.2 Å². The van der Waals surface area contributed by atoms with Gasteiger partial charge in [-0.3, -0.25) is 15.5 Å². The number of methoxy groups -OCH3 is 2. The molecular formula is C15H15N3O4. The Kier molecular flexibility index (Phi) is 4.92. The van der Waals surface area contributed by atoms with Gasteiger partial charge in [0.15, 0.2) is 11.5 Å². The number of hydrogen-bond donors (Lipinski definition) is 1. The van der Waals surface area contributed by atoms with Gasteiger partial charge in [0.05, 0.1) is 31.0 Å². The first-order valence-corrected chi connectivity index (χ1v) is 6.40. The minimum Gasteiger partial charge on any atom is -0.493 e. The van der Waals surface area contributed by atoms with Crippen molar-refractivity contribution >= 4 is 17.6 Å². The molecule has 0 saturated heterocycles. The van der Waals surface area contributed by atoms with Gasteiger partial charge in [0.25, 0.3) is 5.69 Å². The highest BCUT2D eigenvalue weighted by molar-refractivity contribution is 5.85. The summed E-state index contributed by atoms with van der Waals surface area (Å²) in [6.07, 6.45) is 1.56. The molecule has 0 atom stereocenters. The van der Waals surface area contributed by atoms with Crippen LogP contribution in [-0.4, -0.2) is 25.4 Å². The Hall–Kier alpha value is -3.09. The van der Waals surface area contributed by atoms with E-state index >= 15 is 0 Å². The molecule has 114 valence electrons. The molecule has 0 aliphatic heterocycles. The monoisotopic (exact) mass is 301 g/mol. The molecule has 0 saturated carbocycles. The predicted octanol–water partition coefficient (Wildman–Crippen LogP) is 3.06. The number of nitro benzene ring substituents is 1. The van der Waals surface area contributed by atoms with E-state index in [9.17, 15) is 10.1 Å². The maximum Gasteiger partial charge on any atom is 0.271 e. The zero-order chi connectivity index (χ0) is 15.9. The van der Waals surface area contributed by atoms with Crippen molar-refractivity contribution in [1.29, 1.82) is 0 Å². The largest absolute Gasteiger partial charge is 0.493 e. The molecular weight excluding hydrogens is 286 g/mol. The average Bonchev–Trinajstić information content (AvgIpc) is 2.54. The van der Waals surface area contributed by atoms with Gasteiger partial charge >= 0.3 is 0 Å². The van der Waals surface area contributed by atoms with E-state index in [4.69, 9.17) is 9.47 Å². The summed E-state index contributed by atoms with van der Waals surface area (Å²) in [5.41, 5.74) is 3.99. The number of hydrazone groups is 1. The lowest BCUT2D eigenvalue weighted by Crippen LogP contribution is -1.97. The highest BCUT2D eigenvalue weighted by Gasteiger charge is 2.07. The van der Waals surface area contributed by atoms with Crippen LogP contribution in [0.25, 0.3) is 0 Å². The zero-order valence-electron chi connectivity index (χ0n) is 12.1. The molecule has 0 aliphatic carbocycles. The van der Waals surface area contributed by atoms with Gasteiger partial charge in [-0.25, -0.2) is 0 Å². The molecule has 0 unspecified atom stereocenters. The van der Waals surface area contributed by atoms with Gasteiger partial charge < -0.3 is 9.47 Å². The standard InChI is InChI=1S/C15H15N3O4/c1-21-14-8-3-5-11(15(14)22-2)10-16-17-12-6-4-7-13(9-12)18(19)20/h3-10,17H,1-2H3. The van der Waals surface area contributed by atoms with Gasteiger partial charge in [-0.15, -0.1) is 0 Å². The van der Waals surface area contributed by atoms with Crippen LogP contribution in [-0.2, 0) is 0 Å². The van der Waals surface area contributed by atoms with E-state index in [1.807, 2.05) is 12.1 Å². The summed E-state index contributed by atoms with van der Waals surface area (Å²) in [5.74, 6) is 1.16. The summed E-state index contributed by atoms with van der Waals surface area (Å²) in [6, 6.07) is 11.5. The third-order valence-corrected chi connectivity index (χ3v) is 2.89. The Morgan fingerprint density at radius 2 is 1.95 bits per heavy atom. The van der Waals surface area contributed by atoms with Crippen molar-refractivity contribution in [3.63, 3.8) is 0 Å². The van der Waals surface area contributed by atoms with Crippen molar-refractivity contribution < 1.29 is 14.4 Å². The van der Waals surface area contributed by atoms with Gasteiger partial charge in [0, 0.05) is 17.7 Å². The lowest BCUT2D eigenvalue weighted by Gasteiger charge is -2.09. The number of ether oxygens (including phenoxy) is 2. The molecule has 7 heteroatoms. The first kappa shape index (κ1) is 15.3. The van der Waals surface area contributed by atoms with Crippen LogP contribution in [0.5, 0.6) is 11.5 Å². The number of anilines is 1. The van der Waals surface area contributed by atoms with Crippen molar-refractivity contribution in [3.8, 4) is 11.5 Å². The van der Waals surface area contributed by atoms with Crippen LogP contribution in [0, 0.1) is 10.1 Å². The van der Waals surface area contributed by atoms with E-state index in [0.717, 1.165) is 5.56 Å². The van der Waals surface area contributed by atoms with E-state index in [2.05, 4.69) is 10.5 Å². The molecule has 0 aromatic heterocycles. The molecule has 0 fully saturated rings. The van der Waals surface area contributed by atoms with E-state index in [1.165, 1.54) is 12.1 Å². The summed E-state index contributed by atoms with van der Waals surface area (Å²) < 4.78 is 10.5. The Balaban J connectivity index is 2.16. The molecule has 2 aromatic rings. The number of nitrogens with zero attached hydrogens (tertiary/aromatic N) is 2. The van der Waals surface area contributed by atoms with Crippen LogP contribution in [0.4, 0.5) is 11.4 Å². The number of benzene rings is 2. The van der Waals surface area contributed by atoms with Crippen LogP contribution in [0.3, 0.4) is 0 Å². The fraction of sp³-hybridized carbons (Fsp3) is 0.133. The molecule has 0 amide bonds. The van der Waals surface area contributed by atoms with Crippen molar-refractivity contribution in [2.75, 3.05) is 19.6 Å². The molecule has 0 radical (unpaired) electrons. The first-order valence-electron chi connectivity index (χ1n) is 6.40. The maximum atomic E-state index is 10.7. The van der Waals surface area contributed by atoms with E-state index < -0.39 is 4.92 Å². The third kappa shape index (κ3) is 3.51. The molecule has 2 rings (SSSR count). The lowest BCUT2D eigenvalue weighted by atomic mass is 10.2. The van der Waals surface area contributed by atoms with Crippen molar-refractivity contribution in [1.82, 2.24) is 0 Å². The van der Waals surface area contributed by atoms with Crippen LogP contribution in [0.15, 0.2) is 47.6 Å². The fourth-order valence-corrected chi connectivity index (χ4v) is 1.88. The number of para-hydroxylation sites is 1. The molecule has 2 aromatic carbocycles. The van der Waals surface area contributed by atoms with Crippen molar-refractivity contribution in [3.05, 3.63) is 58.1 Å². The van der Waals surface area contributed by atoms with Gasteiger partial charge in [-0.05, 0) is 18.2 Å².